The van der Waals surface area contributed by atoms with Crippen molar-refractivity contribution in [2.24, 2.45) is 0 Å². The number of nitrogens with one attached hydrogen (secondary N) is 1. The van der Waals surface area contributed by atoms with Crippen molar-refractivity contribution in [3.05, 3.63) is 24.8 Å². The Hall–Kier alpha value is -0.560. The molecule has 1 heteroatoms. The second-order valence-electron chi connectivity index (χ2n) is 5.36. The molecule has 94 valence electrons. The lowest BCUT2D eigenvalue weighted by Crippen LogP contribution is -2.36. The van der Waals surface area contributed by atoms with Gasteiger partial charge in [0.1, 0.15) is 0 Å². The highest BCUT2D eigenvalue weighted by atomic mass is 14.9. The molecule has 0 heterocycles. The van der Waals surface area contributed by atoms with Gasteiger partial charge in [-0.25, -0.2) is 0 Å². The lowest BCUT2D eigenvalue weighted by molar-refractivity contribution is 0.431. The predicted octanol–water partition coefficient (Wildman–Crippen LogP) is 4.46. The molecule has 0 aromatic heterocycles. The summed E-state index contributed by atoms with van der Waals surface area (Å²) in [6.45, 7) is 11.4. The summed E-state index contributed by atoms with van der Waals surface area (Å²) in [5, 5.41) is 3.48. The van der Waals surface area contributed by atoms with Crippen LogP contribution in [0.15, 0.2) is 24.8 Å². The minimum absolute atomic E-state index is 0.249. The molecular formula is C15H29N. The molecule has 0 radical (unpaired) electrons. The number of allylic oxidation sites excluding steroid dienone is 2. The van der Waals surface area contributed by atoms with E-state index < -0.39 is 0 Å². The minimum atomic E-state index is 0.249. The van der Waals surface area contributed by atoms with Crippen molar-refractivity contribution in [2.45, 2.75) is 64.8 Å². The van der Waals surface area contributed by atoms with Gasteiger partial charge in [-0.3, -0.25) is 0 Å². The fourth-order valence-electron chi connectivity index (χ4n) is 1.49. The molecule has 16 heavy (non-hydrogen) atoms. The highest BCUT2D eigenvalue weighted by molar-refractivity contribution is 4.83. The molecule has 0 saturated heterocycles. The van der Waals surface area contributed by atoms with Gasteiger partial charge in [-0.15, -0.1) is 6.58 Å². The van der Waals surface area contributed by atoms with Crippen molar-refractivity contribution in [2.75, 3.05) is 6.54 Å². The van der Waals surface area contributed by atoms with Crippen molar-refractivity contribution in [3.63, 3.8) is 0 Å². The molecule has 0 amide bonds. The molecule has 1 nitrogen and oxygen atoms in total. The van der Waals surface area contributed by atoms with Crippen LogP contribution in [0.25, 0.3) is 0 Å². The van der Waals surface area contributed by atoms with E-state index in [1.54, 1.807) is 0 Å². The zero-order valence-corrected chi connectivity index (χ0v) is 11.4. The normalized spacial score (nSPS) is 12.2. The van der Waals surface area contributed by atoms with E-state index in [-0.39, 0.29) is 5.54 Å². The quantitative estimate of drug-likeness (QED) is 0.449. The Morgan fingerprint density at radius 1 is 0.938 bits per heavy atom. The molecule has 0 bridgehead atoms. The Balaban J connectivity index is 3.19. The van der Waals surface area contributed by atoms with Gasteiger partial charge in [0.15, 0.2) is 0 Å². The smallest absolute Gasteiger partial charge is 0.00966 e. The van der Waals surface area contributed by atoms with Crippen molar-refractivity contribution < 1.29 is 0 Å². The summed E-state index contributed by atoms with van der Waals surface area (Å²) in [6, 6.07) is 0. The van der Waals surface area contributed by atoms with Crippen LogP contribution in [0, 0.1) is 0 Å². The van der Waals surface area contributed by atoms with Crippen LogP contribution in [-0.2, 0) is 0 Å². The Bertz CT molecular complexity index is 186. The van der Waals surface area contributed by atoms with Crippen LogP contribution in [0.4, 0.5) is 0 Å². The SMILES string of the molecule is C=CCCCCC/C=C/CCNC(C)(C)C. The largest absolute Gasteiger partial charge is 0.312 e. The third-order valence-electron chi connectivity index (χ3n) is 2.41. The highest BCUT2D eigenvalue weighted by Crippen LogP contribution is 2.04. The highest BCUT2D eigenvalue weighted by Gasteiger charge is 2.05. The molecule has 0 aliphatic rings. The molecule has 0 aromatic carbocycles. The summed E-state index contributed by atoms with van der Waals surface area (Å²) < 4.78 is 0. The number of rotatable bonds is 9. The third-order valence-corrected chi connectivity index (χ3v) is 2.41. The fraction of sp³-hybridized carbons (Fsp3) is 0.733. The van der Waals surface area contributed by atoms with Gasteiger partial charge in [-0.1, -0.05) is 24.6 Å². The van der Waals surface area contributed by atoms with Gasteiger partial charge in [0.2, 0.25) is 0 Å². The fourth-order valence-corrected chi connectivity index (χ4v) is 1.49. The Morgan fingerprint density at radius 3 is 2.19 bits per heavy atom. The molecule has 0 unspecified atom stereocenters. The van der Waals surface area contributed by atoms with Crippen LogP contribution in [-0.4, -0.2) is 12.1 Å². The first-order chi connectivity index (χ1) is 7.56. The van der Waals surface area contributed by atoms with Crippen LogP contribution < -0.4 is 5.32 Å². The molecule has 0 aliphatic carbocycles. The topological polar surface area (TPSA) is 12.0 Å². The third kappa shape index (κ3) is 13.4. The second kappa shape index (κ2) is 9.65. The first-order valence-electron chi connectivity index (χ1n) is 6.57. The summed E-state index contributed by atoms with van der Waals surface area (Å²) in [4.78, 5) is 0. The van der Waals surface area contributed by atoms with E-state index in [4.69, 9.17) is 0 Å². The van der Waals surface area contributed by atoms with E-state index in [2.05, 4.69) is 44.8 Å². The van der Waals surface area contributed by atoms with Crippen molar-refractivity contribution in [3.8, 4) is 0 Å². The number of hydrogen-bond acceptors (Lipinski definition) is 1. The molecule has 0 rings (SSSR count). The van der Waals surface area contributed by atoms with Crippen molar-refractivity contribution >= 4 is 0 Å². The summed E-state index contributed by atoms with van der Waals surface area (Å²) in [5.74, 6) is 0. The lowest BCUT2D eigenvalue weighted by Gasteiger charge is -2.19. The molecule has 1 N–H and O–H groups in total. The summed E-state index contributed by atoms with van der Waals surface area (Å²) in [5.41, 5.74) is 0.249. The monoisotopic (exact) mass is 223 g/mol. The summed E-state index contributed by atoms with van der Waals surface area (Å²) in [7, 11) is 0. The van der Waals surface area contributed by atoms with Crippen LogP contribution in [0.2, 0.25) is 0 Å². The van der Waals surface area contributed by atoms with E-state index in [0.717, 1.165) is 13.0 Å². The van der Waals surface area contributed by atoms with Crippen LogP contribution in [0.3, 0.4) is 0 Å². The maximum Gasteiger partial charge on any atom is 0.00966 e. The van der Waals surface area contributed by atoms with Crippen LogP contribution in [0.5, 0.6) is 0 Å². The van der Waals surface area contributed by atoms with Crippen LogP contribution >= 0.6 is 0 Å². The number of unbranched alkanes of at least 4 members (excludes halogenated alkanes) is 4. The van der Waals surface area contributed by atoms with E-state index >= 15 is 0 Å². The van der Waals surface area contributed by atoms with Gasteiger partial charge in [0, 0.05) is 5.54 Å². The number of hydrogen-bond donors (Lipinski definition) is 1. The van der Waals surface area contributed by atoms with Gasteiger partial charge in [-0.05, 0) is 59.4 Å². The molecule has 0 aliphatic heterocycles. The van der Waals surface area contributed by atoms with E-state index in [1.807, 2.05) is 6.08 Å². The van der Waals surface area contributed by atoms with Crippen LogP contribution in [0.1, 0.15) is 59.3 Å². The zero-order chi connectivity index (χ0) is 12.3. The lowest BCUT2D eigenvalue weighted by atomic mass is 10.1. The van der Waals surface area contributed by atoms with Gasteiger partial charge in [0.25, 0.3) is 0 Å². The molecule has 0 saturated carbocycles. The predicted molar refractivity (Wildman–Crippen MR) is 74.8 cm³/mol. The Kier molecular flexibility index (Phi) is 9.31. The van der Waals surface area contributed by atoms with E-state index in [0.29, 0.717) is 0 Å². The maximum absolute atomic E-state index is 3.73. The first kappa shape index (κ1) is 15.4. The first-order valence-corrected chi connectivity index (χ1v) is 6.57. The van der Waals surface area contributed by atoms with Gasteiger partial charge >= 0.3 is 0 Å². The van der Waals surface area contributed by atoms with Gasteiger partial charge in [0.05, 0.1) is 0 Å². The minimum Gasteiger partial charge on any atom is -0.312 e. The molecule has 0 aromatic rings. The van der Waals surface area contributed by atoms with Gasteiger partial charge < -0.3 is 5.32 Å². The van der Waals surface area contributed by atoms with E-state index in [1.165, 1.54) is 32.1 Å². The molecule has 0 fully saturated rings. The average Bonchev–Trinajstić information content (AvgIpc) is 2.19. The molecule has 0 spiro atoms. The van der Waals surface area contributed by atoms with Crippen molar-refractivity contribution in [1.29, 1.82) is 0 Å². The Labute approximate surface area is 102 Å². The maximum atomic E-state index is 3.73. The summed E-state index contributed by atoms with van der Waals surface area (Å²) in [6.07, 6.45) is 14.1. The average molecular weight is 223 g/mol. The molecule has 0 atom stereocenters. The molecular weight excluding hydrogens is 194 g/mol. The standard InChI is InChI=1S/C15H29N/c1-5-6-7-8-9-10-11-12-13-14-16-15(2,3)4/h5,11-12,16H,1,6-10,13-14H2,2-4H3/b12-11+. The zero-order valence-electron chi connectivity index (χ0n) is 11.4. The van der Waals surface area contributed by atoms with E-state index in [9.17, 15) is 0 Å². The van der Waals surface area contributed by atoms with Gasteiger partial charge in [-0.2, -0.15) is 0 Å². The Morgan fingerprint density at radius 2 is 1.56 bits per heavy atom. The van der Waals surface area contributed by atoms with Crippen molar-refractivity contribution in [1.82, 2.24) is 5.32 Å². The summed E-state index contributed by atoms with van der Waals surface area (Å²) >= 11 is 0. The second-order valence-corrected chi connectivity index (χ2v) is 5.36.